The average Bonchev–Trinajstić information content (AvgIpc) is 3.26. The number of morpholine rings is 1. The summed E-state index contributed by atoms with van der Waals surface area (Å²) in [6.07, 6.45) is 2.98. The zero-order valence-corrected chi connectivity index (χ0v) is 19.5. The van der Waals surface area contributed by atoms with E-state index in [0.29, 0.717) is 36.3 Å². The Labute approximate surface area is 193 Å². The summed E-state index contributed by atoms with van der Waals surface area (Å²) in [6, 6.07) is 10.2. The summed E-state index contributed by atoms with van der Waals surface area (Å²) in [7, 11) is 2.00. The van der Waals surface area contributed by atoms with Crippen LogP contribution in [0.15, 0.2) is 47.6 Å². The van der Waals surface area contributed by atoms with Crippen LogP contribution in [0.4, 0.5) is 11.5 Å². The van der Waals surface area contributed by atoms with Gasteiger partial charge < -0.3 is 19.1 Å². The van der Waals surface area contributed by atoms with E-state index in [2.05, 4.69) is 50.6 Å². The van der Waals surface area contributed by atoms with E-state index in [9.17, 15) is 0 Å². The number of hydrogen-bond acceptors (Lipinski definition) is 7. The molecule has 1 atom stereocenters. The number of aryl methyl sites for hydroxylation is 2. The van der Waals surface area contributed by atoms with Crippen molar-refractivity contribution in [3.05, 3.63) is 71.0 Å². The van der Waals surface area contributed by atoms with Crippen LogP contribution in [0.25, 0.3) is 5.70 Å². The SMILES string of the molecule is C=C(c1cc(N2CCOC(Cc3noc(CC)n3)C2)ncc1Cl)N(C)c1ccccc1C. The van der Waals surface area contributed by atoms with Gasteiger partial charge in [0.05, 0.1) is 17.7 Å². The van der Waals surface area contributed by atoms with E-state index in [1.165, 1.54) is 5.56 Å². The number of nitrogens with zero attached hydrogens (tertiary/aromatic N) is 5. The Hall–Kier alpha value is -2.90. The topological polar surface area (TPSA) is 67.5 Å². The molecule has 1 aliphatic heterocycles. The zero-order valence-electron chi connectivity index (χ0n) is 18.7. The Balaban J connectivity index is 1.51. The van der Waals surface area contributed by atoms with Crippen molar-refractivity contribution in [3.8, 4) is 0 Å². The van der Waals surface area contributed by atoms with Crippen LogP contribution in [0, 0.1) is 6.92 Å². The smallest absolute Gasteiger partial charge is 0.226 e. The molecule has 0 amide bonds. The highest BCUT2D eigenvalue weighted by Gasteiger charge is 2.25. The highest BCUT2D eigenvalue weighted by molar-refractivity contribution is 6.32. The highest BCUT2D eigenvalue weighted by Crippen LogP contribution is 2.32. The molecular weight excluding hydrogens is 426 g/mol. The van der Waals surface area contributed by atoms with Gasteiger partial charge >= 0.3 is 0 Å². The van der Waals surface area contributed by atoms with Crippen molar-refractivity contribution in [2.45, 2.75) is 32.8 Å². The number of para-hydroxylation sites is 1. The number of rotatable bonds is 7. The predicted octanol–water partition coefficient (Wildman–Crippen LogP) is 4.54. The molecule has 0 spiro atoms. The van der Waals surface area contributed by atoms with Crippen molar-refractivity contribution in [2.75, 3.05) is 36.5 Å². The molecule has 3 heterocycles. The second-order valence-electron chi connectivity index (χ2n) is 7.92. The molecule has 0 saturated carbocycles. The first-order chi connectivity index (χ1) is 15.5. The average molecular weight is 454 g/mol. The molecule has 1 aliphatic rings. The van der Waals surface area contributed by atoms with E-state index >= 15 is 0 Å². The summed E-state index contributed by atoms with van der Waals surface area (Å²) in [4.78, 5) is 13.2. The number of halogens is 1. The Morgan fingerprint density at radius 1 is 1.34 bits per heavy atom. The third-order valence-electron chi connectivity index (χ3n) is 5.72. The summed E-state index contributed by atoms with van der Waals surface area (Å²) >= 11 is 6.53. The maximum absolute atomic E-state index is 6.53. The molecule has 1 saturated heterocycles. The van der Waals surface area contributed by atoms with Crippen molar-refractivity contribution < 1.29 is 9.26 Å². The van der Waals surface area contributed by atoms with Gasteiger partial charge in [0.2, 0.25) is 5.89 Å². The molecule has 32 heavy (non-hydrogen) atoms. The molecule has 7 nitrogen and oxygen atoms in total. The first kappa shape index (κ1) is 22.3. The van der Waals surface area contributed by atoms with Gasteiger partial charge in [0.15, 0.2) is 5.82 Å². The van der Waals surface area contributed by atoms with Crippen molar-refractivity contribution in [2.24, 2.45) is 0 Å². The van der Waals surface area contributed by atoms with Gasteiger partial charge in [0, 0.05) is 56.1 Å². The quantitative estimate of drug-likeness (QED) is 0.520. The third kappa shape index (κ3) is 4.79. The maximum Gasteiger partial charge on any atom is 0.226 e. The van der Waals surface area contributed by atoms with Crippen molar-refractivity contribution >= 4 is 28.8 Å². The summed E-state index contributed by atoms with van der Waals surface area (Å²) in [5, 5.41) is 4.62. The minimum absolute atomic E-state index is 0.0372. The standard InChI is InChI=1S/C24H28ClN5O2/c1-5-24-27-22(28-32-24)12-18-15-30(10-11-31-18)23-13-19(20(25)14-26-23)17(3)29(4)21-9-7-6-8-16(21)2/h6-9,13-14,18H,3,5,10-12,15H2,1-2,4H3. The third-order valence-corrected chi connectivity index (χ3v) is 6.02. The second-order valence-corrected chi connectivity index (χ2v) is 8.32. The molecule has 0 bridgehead atoms. The normalized spacial score (nSPS) is 16.2. The monoisotopic (exact) mass is 453 g/mol. The first-order valence-corrected chi connectivity index (χ1v) is 11.2. The lowest BCUT2D eigenvalue weighted by Crippen LogP contribution is -2.44. The van der Waals surface area contributed by atoms with E-state index in [4.69, 9.17) is 20.9 Å². The Morgan fingerprint density at radius 3 is 2.91 bits per heavy atom. The van der Waals surface area contributed by atoms with Crippen LogP contribution in [-0.2, 0) is 17.6 Å². The van der Waals surface area contributed by atoms with Gasteiger partial charge in [0.1, 0.15) is 5.82 Å². The fourth-order valence-corrected chi connectivity index (χ4v) is 4.07. The fraction of sp³-hybridized carbons (Fsp3) is 0.375. The van der Waals surface area contributed by atoms with Gasteiger partial charge in [-0.15, -0.1) is 0 Å². The summed E-state index contributed by atoms with van der Waals surface area (Å²) < 4.78 is 11.2. The van der Waals surface area contributed by atoms with E-state index in [-0.39, 0.29) is 6.10 Å². The maximum atomic E-state index is 6.53. The van der Waals surface area contributed by atoms with Gasteiger partial charge in [0.25, 0.3) is 0 Å². The first-order valence-electron chi connectivity index (χ1n) is 10.8. The number of benzene rings is 1. The molecule has 8 heteroatoms. The lowest BCUT2D eigenvalue weighted by atomic mass is 10.1. The molecule has 1 unspecified atom stereocenters. The van der Waals surface area contributed by atoms with E-state index in [1.807, 2.05) is 32.2 Å². The Morgan fingerprint density at radius 2 is 2.16 bits per heavy atom. The van der Waals surface area contributed by atoms with E-state index in [1.54, 1.807) is 6.20 Å². The molecule has 0 aliphatic carbocycles. The molecule has 0 N–H and O–H groups in total. The van der Waals surface area contributed by atoms with Gasteiger partial charge in [-0.05, 0) is 24.6 Å². The van der Waals surface area contributed by atoms with Gasteiger partial charge in [-0.3, -0.25) is 0 Å². The van der Waals surface area contributed by atoms with Crippen molar-refractivity contribution in [3.63, 3.8) is 0 Å². The Bertz CT molecular complexity index is 1100. The second kappa shape index (κ2) is 9.71. The number of anilines is 2. The Kier molecular flexibility index (Phi) is 6.77. The lowest BCUT2D eigenvalue weighted by Gasteiger charge is -2.34. The molecule has 1 fully saturated rings. The largest absolute Gasteiger partial charge is 0.374 e. The summed E-state index contributed by atoms with van der Waals surface area (Å²) in [6.45, 7) is 10.4. The van der Waals surface area contributed by atoms with Crippen LogP contribution in [-0.4, -0.2) is 48.0 Å². The summed E-state index contributed by atoms with van der Waals surface area (Å²) in [5.74, 6) is 2.17. The van der Waals surface area contributed by atoms with Crippen LogP contribution >= 0.6 is 11.6 Å². The van der Waals surface area contributed by atoms with Gasteiger partial charge in [-0.2, -0.15) is 4.98 Å². The fourth-order valence-electron chi connectivity index (χ4n) is 3.86. The van der Waals surface area contributed by atoms with Crippen LogP contribution in [0.2, 0.25) is 5.02 Å². The minimum Gasteiger partial charge on any atom is -0.374 e. The number of pyridine rings is 1. The van der Waals surface area contributed by atoms with E-state index < -0.39 is 0 Å². The molecule has 2 aromatic heterocycles. The van der Waals surface area contributed by atoms with Crippen molar-refractivity contribution in [1.29, 1.82) is 0 Å². The van der Waals surface area contributed by atoms with Crippen LogP contribution in [0.5, 0.6) is 0 Å². The summed E-state index contributed by atoms with van der Waals surface area (Å²) in [5.41, 5.74) is 3.93. The van der Waals surface area contributed by atoms with Crippen molar-refractivity contribution in [1.82, 2.24) is 15.1 Å². The molecule has 168 valence electrons. The molecule has 1 aromatic carbocycles. The highest BCUT2D eigenvalue weighted by atomic mass is 35.5. The van der Waals surface area contributed by atoms with Crippen LogP contribution in [0.3, 0.4) is 0 Å². The van der Waals surface area contributed by atoms with Crippen LogP contribution in [0.1, 0.15) is 29.8 Å². The number of aromatic nitrogens is 3. The minimum atomic E-state index is -0.0372. The lowest BCUT2D eigenvalue weighted by molar-refractivity contribution is 0.0392. The van der Waals surface area contributed by atoms with Gasteiger partial charge in [-0.25, -0.2) is 4.98 Å². The number of hydrogen-bond donors (Lipinski definition) is 0. The molecule has 4 rings (SSSR count). The predicted molar refractivity (Wildman–Crippen MR) is 127 cm³/mol. The van der Waals surface area contributed by atoms with Gasteiger partial charge in [-0.1, -0.05) is 48.5 Å². The van der Waals surface area contributed by atoms with E-state index in [0.717, 1.165) is 35.7 Å². The molecular formula is C24H28ClN5O2. The molecule has 3 aromatic rings. The molecule has 0 radical (unpaired) electrons. The number of ether oxygens (including phenoxy) is 1. The zero-order chi connectivity index (χ0) is 22.7. The van der Waals surface area contributed by atoms with Crippen LogP contribution < -0.4 is 9.80 Å².